The van der Waals surface area contributed by atoms with Gasteiger partial charge in [0.15, 0.2) is 5.58 Å². The Kier molecular flexibility index (Phi) is 5.19. The van der Waals surface area contributed by atoms with Crippen LogP contribution in [-0.2, 0) is 13.1 Å². The Bertz CT molecular complexity index is 1490. The van der Waals surface area contributed by atoms with E-state index in [0.717, 1.165) is 16.5 Å². The fourth-order valence-corrected chi connectivity index (χ4v) is 4.42. The number of aromatic nitrogens is 1. The summed E-state index contributed by atoms with van der Waals surface area (Å²) >= 11 is 6.44. The first-order valence-electron chi connectivity index (χ1n) is 10.4. The van der Waals surface area contributed by atoms with Crippen molar-refractivity contribution in [3.8, 4) is 11.1 Å². The van der Waals surface area contributed by atoms with E-state index >= 15 is 4.39 Å². The van der Waals surface area contributed by atoms with Crippen LogP contribution in [0, 0.1) is 5.82 Å². The topological polar surface area (TPSA) is 47.2 Å². The van der Waals surface area contributed by atoms with Gasteiger partial charge in [0.2, 0.25) is 5.88 Å². The lowest BCUT2D eigenvalue weighted by Crippen LogP contribution is -2.19. The van der Waals surface area contributed by atoms with E-state index in [1.165, 1.54) is 6.07 Å². The van der Waals surface area contributed by atoms with E-state index in [4.69, 9.17) is 16.0 Å². The van der Waals surface area contributed by atoms with E-state index in [1.807, 2.05) is 61.5 Å². The molecule has 32 heavy (non-hydrogen) atoms. The van der Waals surface area contributed by atoms with E-state index in [2.05, 4.69) is 5.32 Å². The summed E-state index contributed by atoms with van der Waals surface area (Å²) in [7, 11) is 0. The summed E-state index contributed by atoms with van der Waals surface area (Å²) in [5.74, 6) is -0.203. The molecule has 0 fully saturated rings. The van der Waals surface area contributed by atoms with E-state index in [9.17, 15) is 4.79 Å². The molecule has 3 aromatic carbocycles. The van der Waals surface area contributed by atoms with Crippen LogP contribution in [0.4, 0.5) is 10.3 Å². The molecule has 0 amide bonds. The highest BCUT2D eigenvalue weighted by Crippen LogP contribution is 2.43. The average Bonchev–Trinajstić information content (AvgIpc) is 3.18. The van der Waals surface area contributed by atoms with Crippen molar-refractivity contribution in [2.45, 2.75) is 20.0 Å². The number of hydrogen-bond donors (Lipinski definition) is 1. The number of aryl methyl sites for hydroxylation is 1. The maximum atomic E-state index is 15.1. The minimum absolute atomic E-state index is 0.151. The van der Waals surface area contributed by atoms with Crippen LogP contribution in [0.15, 0.2) is 82.0 Å². The van der Waals surface area contributed by atoms with Gasteiger partial charge in [-0.3, -0.25) is 4.79 Å². The van der Waals surface area contributed by atoms with Gasteiger partial charge in [-0.15, -0.1) is 0 Å². The normalized spacial score (nSPS) is 11.3. The van der Waals surface area contributed by atoms with Crippen LogP contribution in [0.25, 0.3) is 33.0 Å². The molecule has 0 aliphatic rings. The Balaban J connectivity index is 1.85. The molecule has 4 nitrogen and oxygen atoms in total. The molecule has 2 aromatic heterocycles. The molecule has 2 heterocycles. The van der Waals surface area contributed by atoms with Crippen LogP contribution in [0.2, 0.25) is 5.02 Å². The van der Waals surface area contributed by atoms with E-state index in [0.29, 0.717) is 35.5 Å². The third-order valence-corrected chi connectivity index (χ3v) is 5.95. The number of para-hydroxylation sites is 1. The largest absolute Gasteiger partial charge is 0.439 e. The number of furan rings is 1. The number of rotatable bonds is 5. The van der Waals surface area contributed by atoms with Crippen molar-refractivity contribution < 1.29 is 8.81 Å². The molecule has 0 aliphatic heterocycles. The minimum atomic E-state index is -0.515. The van der Waals surface area contributed by atoms with Gasteiger partial charge in [0.05, 0.1) is 21.5 Å². The van der Waals surface area contributed by atoms with E-state index in [1.54, 1.807) is 16.7 Å². The number of hydrogen-bond acceptors (Lipinski definition) is 3. The second-order valence-electron chi connectivity index (χ2n) is 7.51. The van der Waals surface area contributed by atoms with Gasteiger partial charge < -0.3 is 14.3 Å². The predicted octanol–water partition coefficient (Wildman–Crippen LogP) is 6.84. The smallest absolute Gasteiger partial charge is 0.262 e. The summed E-state index contributed by atoms with van der Waals surface area (Å²) in [6.45, 7) is 2.82. The van der Waals surface area contributed by atoms with Crippen LogP contribution in [0.5, 0.6) is 0 Å². The molecule has 5 rings (SSSR count). The molecular weight excluding hydrogens is 427 g/mol. The lowest BCUT2D eigenvalue weighted by molar-refractivity contribution is 0.622. The van der Waals surface area contributed by atoms with Gasteiger partial charge in [-0.25, -0.2) is 4.39 Å². The highest BCUT2D eigenvalue weighted by atomic mass is 35.5. The maximum absolute atomic E-state index is 15.1. The van der Waals surface area contributed by atoms with Gasteiger partial charge in [-0.05, 0) is 36.8 Å². The Hall–Kier alpha value is -3.57. The molecule has 0 spiro atoms. The molecule has 0 unspecified atom stereocenters. The predicted molar refractivity (Wildman–Crippen MR) is 128 cm³/mol. The van der Waals surface area contributed by atoms with Gasteiger partial charge in [0.25, 0.3) is 5.56 Å². The fraction of sp³-hybridized carbons (Fsp3) is 0.115. The number of benzene rings is 3. The van der Waals surface area contributed by atoms with Gasteiger partial charge in [0, 0.05) is 24.0 Å². The van der Waals surface area contributed by atoms with Crippen molar-refractivity contribution in [3.05, 3.63) is 99.6 Å². The molecule has 6 heteroatoms. The highest BCUT2D eigenvalue weighted by Gasteiger charge is 2.26. The van der Waals surface area contributed by atoms with Crippen LogP contribution < -0.4 is 10.9 Å². The second-order valence-corrected chi connectivity index (χ2v) is 7.92. The molecule has 0 saturated heterocycles. The molecule has 0 atom stereocenters. The maximum Gasteiger partial charge on any atom is 0.262 e. The standard InChI is InChI=1S/C26H20ClFN2O2/c1-2-30-20-14-7-6-11-17(20)24-23(26(30)31)22(21-18(27)12-8-13-19(21)28)25(32-24)29-15-16-9-4-3-5-10-16/h3-14,29H,2,15H2,1H3. The molecule has 0 radical (unpaired) electrons. The summed E-state index contributed by atoms with van der Waals surface area (Å²) in [4.78, 5) is 13.6. The summed E-state index contributed by atoms with van der Waals surface area (Å²) < 4.78 is 23.0. The lowest BCUT2D eigenvalue weighted by Gasteiger charge is -2.10. The van der Waals surface area contributed by atoms with Gasteiger partial charge in [-0.1, -0.05) is 60.1 Å². The van der Waals surface area contributed by atoms with Crippen molar-refractivity contribution in [1.82, 2.24) is 4.57 Å². The molecule has 0 bridgehead atoms. The number of anilines is 1. The lowest BCUT2D eigenvalue weighted by atomic mass is 10.0. The first-order chi connectivity index (χ1) is 15.6. The molecule has 5 aromatic rings. The third kappa shape index (κ3) is 3.26. The van der Waals surface area contributed by atoms with E-state index < -0.39 is 5.82 Å². The molecule has 0 saturated carbocycles. The Morgan fingerprint density at radius 2 is 1.72 bits per heavy atom. The zero-order valence-electron chi connectivity index (χ0n) is 17.4. The number of fused-ring (bicyclic) bond motifs is 3. The molecular formula is C26H20ClFN2O2. The Morgan fingerprint density at radius 3 is 2.47 bits per heavy atom. The molecule has 160 valence electrons. The quantitative estimate of drug-likeness (QED) is 0.321. The number of nitrogens with zero attached hydrogens (tertiary/aromatic N) is 1. The van der Waals surface area contributed by atoms with E-state index in [-0.39, 0.29) is 16.1 Å². The van der Waals surface area contributed by atoms with Crippen LogP contribution in [-0.4, -0.2) is 4.57 Å². The fourth-order valence-electron chi connectivity index (χ4n) is 4.16. The average molecular weight is 447 g/mol. The highest BCUT2D eigenvalue weighted by molar-refractivity contribution is 6.34. The van der Waals surface area contributed by atoms with Crippen LogP contribution in [0.3, 0.4) is 0 Å². The first kappa shape index (κ1) is 20.3. The van der Waals surface area contributed by atoms with Gasteiger partial charge in [0.1, 0.15) is 5.82 Å². The van der Waals surface area contributed by atoms with Crippen molar-refractivity contribution in [3.63, 3.8) is 0 Å². The molecule has 0 aliphatic carbocycles. The summed E-state index contributed by atoms with van der Waals surface area (Å²) in [6, 6.07) is 21.8. The first-order valence-corrected chi connectivity index (χ1v) is 10.8. The number of halogens is 2. The van der Waals surface area contributed by atoms with Gasteiger partial charge >= 0.3 is 0 Å². The van der Waals surface area contributed by atoms with Crippen LogP contribution >= 0.6 is 11.6 Å². The monoisotopic (exact) mass is 446 g/mol. The Labute approximate surface area is 188 Å². The zero-order chi connectivity index (χ0) is 22.2. The Morgan fingerprint density at radius 1 is 0.969 bits per heavy atom. The zero-order valence-corrected chi connectivity index (χ0v) is 18.1. The van der Waals surface area contributed by atoms with Crippen molar-refractivity contribution in [1.29, 1.82) is 0 Å². The minimum Gasteiger partial charge on any atom is -0.439 e. The number of pyridine rings is 1. The summed E-state index contributed by atoms with van der Waals surface area (Å²) in [6.07, 6.45) is 0. The SMILES string of the molecule is CCn1c(=O)c2c(-c3c(F)cccc3Cl)c(NCc3ccccc3)oc2c2ccccc21. The second kappa shape index (κ2) is 8.17. The summed E-state index contributed by atoms with van der Waals surface area (Å²) in [5, 5.41) is 4.57. The van der Waals surface area contributed by atoms with Crippen LogP contribution in [0.1, 0.15) is 12.5 Å². The van der Waals surface area contributed by atoms with Crippen molar-refractivity contribution in [2.75, 3.05) is 5.32 Å². The van der Waals surface area contributed by atoms with Gasteiger partial charge in [-0.2, -0.15) is 0 Å². The molecule has 1 N–H and O–H groups in total. The van der Waals surface area contributed by atoms with Crippen molar-refractivity contribution in [2.24, 2.45) is 0 Å². The summed E-state index contributed by atoms with van der Waals surface area (Å²) in [5.41, 5.74) is 2.46. The van der Waals surface area contributed by atoms with Crippen molar-refractivity contribution >= 4 is 39.4 Å². The number of nitrogens with one attached hydrogen (secondary N) is 1. The third-order valence-electron chi connectivity index (χ3n) is 5.63.